The second kappa shape index (κ2) is 30.3. The van der Waals surface area contributed by atoms with Crippen molar-refractivity contribution in [1.29, 1.82) is 0 Å². The van der Waals surface area contributed by atoms with Crippen LogP contribution >= 0.6 is 0 Å². The highest BCUT2D eigenvalue weighted by molar-refractivity contribution is 5.81. The Bertz CT molecular complexity index is 1100. The first kappa shape index (κ1) is 52.0. The van der Waals surface area contributed by atoms with Gasteiger partial charge in [0, 0.05) is 40.4 Å². The smallest absolute Gasteiger partial charge is 0.242 e. The van der Waals surface area contributed by atoms with Crippen LogP contribution in [0.1, 0.15) is 86.1 Å². The molecule has 13 heteroatoms. The lowest BCUT2D eigenvalue weighted by Gasteiger charge is -2.39. The highest BCUT2D eigenvalue weighted by Crippen LogP contribution is 2.29. The van der Waals surface area contributed by atoms with Crippen LogP contribution in [-0.4, -0.2) is 147 Å². The summed E-state index contributed by atoms with van der Waals surface area (Å²) in [5.41, 5.74) is 1.32. The van der Waals surface area contributed by atoms with Crippen LogP contribution in [0.3, 0.4) is 0 Å². The molecule has 0 bridgehead atoms. The molecule has 4 amide bonds. The van der Waals surface area contributed by atoms with Gasteiger partial charge in [-0.2, -0.15) is 0 Å². The molecule has 308 valence electrons. The maximum atomic E-state index is 13.5. The van der Waals surface area contributed by atoms with E-state index in [9.17, 15) is 19.2 Å². The van der Waals surface area contributed by atoms with Crippen molar-refractivity contribution in [3.8, 4) is 0 Å². The van der Waals surface area contributed by atoms with E-state index in [1.54, 1.807) is 30.7 Å². The number of nitrogens with zero attached hydrogens (tertiary/aromatic N) is 3. The molecule has 0 saturated carbocycles. The van der Waals surface area contributed by atoms with Crippen LogP contribution in [0.5, 0.6) is 0 Å². The summed E-state index contributed by atoms with van der Waals surface area (Å²) in [4.78, 5) is 54.5. The van der Waals surface area contributed by atoms with E-state index in [-0.39, 0.29) is 74.0 Å². The van der Waals surface area contributed by atoms with Crippen molar-refractivity contribution in [2.45, 2.75) is 124 Å². The van der Waals surface area contributed by atoms with Crippen molar-refractivity contribution in [2.75, 3.05) is 61.6 Å². The fourth-order valence-corrected chi connectivity index (χ4v) is 5.89. The number of benzene rings is 1. The summed E-state index contributed by atoms with van der Waals surface area (Å²) in [6, 6.07) is 9.89. The molecule has 8 atom stereocenters. The van der Waals surface area contributed by atoms with Gasteiger partial charge in [0.1, 0.15) is 0 Å². The summed E-state index contributed by atoms with van der Waals surface area (Å²) in [6.45, 7) is 16.3. The Labute approximate surface area is 321 Å². The predicted molar refractivity (Wildman–Crippen MR) is 212 cm³/mol. The average molecular weight is 754 g/mol. The molecule has 1 aromatic carbocycles. The molecule has 1 aliphatic rings. The summed E-state index contributed by atoms with van der Waals surface area (Å²) in [6.07, 6.45) is 2.81. The molecule has 1 aliphatic heterocycles. The highest BCUT2D eigenvalue weighted by atomic mass is 16.5. The number of amides is 4. The molecule has 0 aliphatic carbocycles. The first-order valence-corrected chi connectivity index (χ1v) is 19.1. The maximum absolute atomic E-state index is 13.5. The summed E-state index contributed by atoms with van der Waals surface area (Å²) in [5, 5.41) is 23.0. The SMILES string of the molecule is CC(O)C(C)N(C)C.CCC.CCC(C)C(C(CC(=O)N1CCCC1C(OC)C(C)C(=O)NCCO)OC)N(C)C(=O)CNC=O.Cc1ccccc1. The zero-order valence-electron chi connectivity index (χ0n) is 35.1. The Morgan fingerprint density at radius 1 is 1.02 bits per heavy atom. The minimum Gasteiger partial charge on any atom is -0.395 e. The largest absolute Gasteiger partial charge is 0.395 e. The highest BCUT2D eigenvalue weighted by Gasteiger charge is 2.41. The van der Waals surface area contributed by atoms with Gasteiger partial charge in [-0.05, 0) is 53.6 Å². The quantitative estimate of drug-likeness (QED) is 0.165. The number of likely N-dealkylation sites (N-methyl/N-ethyl adjacent to an activating group) is 2. The van der Waals surface area contributed by atoms with E-state index >= 15 is 0 Å². The van der Waals surface area contributed by atoms with Crippen LogP contribution in [0.25, 0.3) is 0 Å². The van der Waals surface area contributed by atoms with Gasteiger partial charge in [0.25, 0.3) is 0 Å². The Morgan fingerprint density at radius 3 is 2.00 bits per heavy atom. The minimum absolute atomic E-state index is 0.0503. The molecule has 0 radical (unpaired) electrons. The lowest BCUT2D eigenvalue weighted by molar-refractivity contribution is -0.145. The molecule has 13 nitrogen and oxygen atoms in total. The van der Waals surface area contributed by atoms with Crippen molar-refractivity contribution in [2.24, 2.45) is 11.8 Å². The van der Waals surface area contributed by atoms with Gasteiger partial charge in [-0.1, -0.05) is 83.4 Å². The molecule has 1 saturated heterocycles. The van der Waals surface area contributed by atoms with Gasteiger partial charge in [-0.3, -0.25) is 19.2 Å². The number of hydrogen-bond acceptors (Lipinski definition) is 9. The number of hydrogen-bond donors (Lipinski definition) is 4. The topological polar surface area (TPSA) is 161 Å². The minimum atomic E-state index is -0.546. The fraction of sp³-hybridized carbons (Fsp3) is 0.750. The number of nitrogens with one attached hydrogen (secondary N) is 2. The zero-order valence-corrected chi connectivity index (χ0v) is 35.1. The van der Waals surface area contributed by atoms with E-state index in [1.165, 1.54) is 26.2 Å². The third-order valence-electron chi connectivity index (χ3n) is 9.51. The Kier molecular flexibility index (Phi) is 29.7. The van der Waals surface area contributed by atoms with Crippen LogP contribution in [0.15, 0.2) is 30.3 Å². The number of likely N-dealkylation sites (tertiary alicyclic amines) is 1. The van der Waals surface area contributed by atoms with Crippen molar-refractivity contribution >= 4 is 24.1 Å². The van der Waals surface area contributed by atoms with Crippen molar-refractivity contribution < 1.29 is 38.9 Å². The number of aryl methyl sites for hydroxylation is 1. The summed E-state index contributed by atoms with van der Waals surface area (Å²) in [7, 11) is 8.64. The Balaban J connectivity index is 0. The second-order valence-electron chi connectivity index (χ2n) is 14.0. The molecule has 8 unspecified atom stereocenters. The monoisotopic (exact) mass is 754 g/mol. The van der Waals surface area contributed by atoms with Gasteiger partial charge in [0.2, 0.25) is 24.1 Å². The normalized spacial score (nSPS) is 17.4. The number of methoxy groups -OCH3 is 2. The van der Waals surface area contributed by atoms with Gasteiger partial charge in [-0.25, -0.2) is 0 Å². The number of rotatable bonds is 18. The molecule has 53 heavy (non-hydrogen) atoms. The van der Waals surface area contributed by atoms with E-state index in [4.69, 9.17) is 19.7 Å². The van der Waals surface area contributed by atoms with Crippen molar-refractivity contribution in [1.82, 2.24) is 25.3 Å². The van der Waals surface area contributed by atoms with Crippen LogP contribution < -0.4 is 10.6 Å². The molecule has 2 rings (SSSR count). The van der Waals surface area contributed by atoms with Crippen LogP contribution in [0.2, 0.25) is 0 Å². The van der Waals surface area contributed by atoms with Gasteiger partial charge in [0.15, 0.2) is 0 Å². The van der Waals surface area contributed by atoms with Gasteiger partial charge >= 0.3 is 0 Å². The van der Waals surface area contributed by atoms with Crippen molar-refractivity contribution in [3.63, 3.8) is 0 Å². The lowest BCUT2D eigenvalue weighted by atomic mass is 9.90. The molecule has 4 N–H and O–H groups in total. The van der Waals surface area contributed by atoms with E-state index in [2.05, 4.69) is 43.5 Å². The molecule has 1 aromatic rings. The van der Waals surface area contributed by atoms with Crippen LogP contribution in [-0.2, 0) is 28.7 Å². The molecule has 0 aromatic heterocycles. The van der Waals surface area contributed by atoms with E-state index in [1.807, 2.05) is 58.0 Å². The van der Waals surface area contributed by atoms with E-state index in [0.717, 1.165) is 12.8 Å². The number of carbonyl (C=O) groups is 4. The second-order valence-corrected chi connectivity index (χ2v) is 14.0. The van der Waals surface area contributed by atoms with Gasteiger partial charge in [-0.15, -0.1) is 0 Å². The lowest BCUT2D eigenvalue weighted by Crippen LogP contribution is -2.54. The Morgan fingerprint density at radius 2 is 1.60 bits per heavy atom. The molecular formula is C40H75N5O8. The molecule has 1 fully saturated rings. The molecule has 1 heterocycles. The molecular weight excluding hydrogens is 678 g/mol. The van der Waals surface area contributed by atoms with Crippen LogP contribution in [0.4, 0.5) is 0 Å². The third-order valence-corrected chi connectivity index (χ3v) is 9.51. The van der Waals surface area contributed by atoms with Gasteiger partial charge in [0.05, 0.1) is 55.9 Å². The summed E-state index contributed by atoms with van der Waals surface area (Å²) >= 11 is 0. The first-order valence-electron chi connectivity index (χ1n) is 19.1. The van der Waals surface area contributed by atoms with E-state index in [0.29, 0.717) is 19.4 Å². The summed E-state index contributed by atoms with van der Waals surface area (Å²) < 4.78 is 11.4. The van der Waals surface area contributed by atoms with Crippen molar-refractivity contribution in [3.05, 3.63) is 35.9 Å². The molecule has 0 spiro atoms. The number of ether oxygens (including phenoxy) is 2. The third kappa shape index (κ3) is 20.2. The standard InChI is InChI=1S/C24H44N4O7.C7H8.C6H15NO.C3H8/c1-7-16(2)22(27(4)21(32)14-25-15-30)19(34-5)13-20(31)28-11-8-9-18(28)23(35-6)17(3)24(33)26-10-12-29;1-7-5-3-2-4-6-7;1-5(6(2)8)7(3)4;1-3-2/h15-19,22-23,29H,7-14H2,1-6H3,(H,25,30)(H,26,33);2-6H,1H3;5-6,8H,1-4H3;3H2,1-2H3. The zero-order chi connectivity index (χ0) is 41.1. The van der Waals surface area contributed by atoms with Gasteiger partial charge < -0.3 is 45.0 Å². The fourth-order valence-electron chi connectivity index (χ4n) is 5.89. The number of aliphatic hydroxyl groups is 2. The van der Waals surface area contributed by atoms with Crippen LogP contribution in [0, 0.1) is 18.8 Å². The predicted octanol–water partition coefficient (Wildman–Crippen LogP) is 3.49. The number of aliphatic hydroxyl groups excluding tert-OH is 2. The van der Waals surface area contributed by atoms with E-state index < -0.39 is 18.1 Å². The Hall–Kier alpha value is -3.10. The average Bonchev–Trinajstić information content (AvgIpc) is 3.63. The summed E-state index contributed by atoms with van der Waals surface area (Å²) in [5.74, 6) is -1.08. The maximum Gasteiger partial charge on any atom is 0.242 e. The number of carbonyl (C=O) groups excluding carboxylic acids is 4. The first-order chi connectivity index (χ1) is 25.0.